The van der Waals surface area contributed by atoms with Gasteiger partial charge in [0.1, 0.15) is 6.04 Å². The molecule has 9 heteroatoms. The maximum atomic E-state index is 14.5. The summed E-state index contributed by atoms with van der Waals surface area (Å²) in [5.41, 5.74) is 0.757. The molecule has 7 atom stereocenters. The zero-order chi connectivity index (χ0) is 28.9. The summed E-state index contributed by atoms with van der Waals surface area (Å²) in [6.07, 6.45) is 8.35. The molecule has 2 amide bonds. The summed E-state index contributed by atoms with van der Waals surface area (Å²) in [5.74, 6) is -2.12. The number of ether oxygens (including phenoxy) is 1. The number of halogens is 1. The van der Waals surface area contributed by atoms with Gasteiger partial charge in [0.25, 0.3) is 0 Å². The van der Waals surface area contributed by atoms with Crippen molar-refractivity contribution in [3.8, 4) is 0 Å². The molecular formula is C31H41BrN2O5S. The number of allylic oxidation sites excluding steroid dienone is 1. The number of unbranched alkanes of at least 4 members (excludes halogenated alkanes) is 3. The largest absolute Gasteiger partial charge is 0.465 e. The Bertz CT molecular complexity index is 1090. The van der Waals surface area contributed by atoms with Gasteiger partial charge in [-0.05, 0) is 37.7 Å². The molecule has 3 aliphatic heterocycles. The highest BCUT2D eigenvalue weighted by atomic mass is 79.9. The number of aliphatic hydroxyl groups is 1. The first kappa shape index (κ1) is 30.8. The van der Waals surface area contributed by atoms with Gasteiger partial charge in [0.05, 0.1) is 35.8 Å². The van der Waals surface area contributed by atoms with Crippen LogP contribution in [-0.2, 0) is 19.1 Å². The third-order valence-corrected chi connectivity index (χ3v) is 11.6. The molecule has 1 N–H and O–H groups in total. The Hall–Kier alpha value is -2.10. The van der Waals surface area contributed by atoms with Crippen LogP contribution in [0.15, 0.2) is 55.6 Å². The van der Waals surface area contributed by atoms with Gasteiger partial charge in [0.15, 0.2) is 0 Å². The Kier molecular flexibility index (Phi) is 10.6. The summed E-state index contributed by atoms with van der Waals surface area (Å²) in [7, 11) is 0. The number of benzene rings is 1. The first-order chi connectivity index (χ1) is 19.4. The number of hydrogen-bond donors (Lipinski definition) is 1. The van der Waals surface area contributed by atoms with Crippen molar-refractivity contribution in [3.05, 3.63) is 61.2 Å². The van der Waals surface area contributed by atoms with E-state index in [0.717, 1.165) is 37.7 Å². The monoisotopic (exact) mass is 632 g/mol. The van der Waals surface area contributed by atoms with Gasteiger partial charge in [-0.2, -0.15) is 0 Å². The summed E-state index contributed by atoms with van der Waals surface area (Å²) in [6, 6.07) is 7.81. The van der Waals surface area contributed by atoms with Gasteiger partial charge in [-0.3, -0.25) is 14.4 Å². The quantitative estimate of drug-likeness (QED) is 0.128. The van der Waals surface area contributed by atoms with Crippen molar-refractivity contribution < 1.29 is 24.2 Å². The highest BCUT2D eigenvalue weighted by Crippen LogP contribution is 2.68. The second-order valence-electron chi connectivity index (χ2n) is 10.9. The minimum absolute atomic E-state index is 0.0390. The maximum Gasteiger partial charge on any atom is 0.310 e. The normalized spacial score (nSPS) is 29.2. The average molecular weight is 634 g/mol. The Morgan fingerprint density at radius 3 is 2.65 bits per heavy atom. The lowest BCUT2D eigenvalue weighted by Gasteiger charge is -2.40. The summed E-state index contributed by atoms with van der Waals surface area (Å²) in [6.45, 7) is 10.6. The number of carbonyl (C=O) groups is 3. The number of esters is 1. The average Bonchev–Trinajstić information content (AvgIpc) is 3.55. The van der Waals surface area contributed by atoms with Crippen LogP contribution in [0.25, 0.3) is 0 Å². The molecule has 3 unspecified atom stereocenters. The molecular weight excluding hydrogens is 592 g/mol. The van der Waals surface area contributed by atoms with Crippen LogP contribution in [-0.4, -0.2) is 79.9 Å². The van der Waals surface area contributed by atoms with E-state index >= 15 is 0 Å². The van der Waals surface area contributed by atoms with Gasteiger partial charge in [-0.25, -0.2) is 0 Å². The van der Waals surface area contributed by atoms with Gasteiger partial charge in [-0.15, -0.1) is 24.9 Å². The topological polar surface area (TPSA) is 87.1 Å². The summed E-state index contributed by atoms with van der Waals surface area (Å²) in [5, 5.41) is 10.5. The molecule has 0 aliphatic carbocycles. The molecule has 3 heterocycles. The molecule has 2 bridgehead atoms. The Balaban J connectivity index is 1.74. The second kappa shape index (κ2) is 13.7. The minimum atomic E-state index is -0.820. The number of aliphatic hydroxyl groups excluding tert-OH is 1. The molecule has 1 aromatic carbocycles. The molecule has 1 aromatic rings. The summed E-state index contributed by atoms with van der Waals surface area (Å²) in [4.78, 5) is 45.9. The number of alkyl halides is 1. The van der Waals surface area contributed by atoms with Crippen molar-refractivity contribution >= 4 is 45.5 Å². The van der Waals surface area contributed by atoms with Crippen LogP contribution in [0, 0.1) is 11.8 Å². The van der Waals surface area contributed by atoms with Crippen LogP contribution in [0.3, 0.4) is 0 Å². The molecule has 1 spiro atoms. The van der Waals surface area contributed by atoms with Crippen molar-refractivity contribution in [2.45, 2.75) is 72.4 Å². The Morgan fingerprint density at radius 1 is 1.25 bits per heavy atom. The zero-order valence-electron chi connectivity index (χ0n) is 23.3. The summed E-state index contributed by atoms with van der Waals surface area (Å²) >= 11 is 5.39. The first-order valence-electron chi connectivity index (χ1n) is 14.3. The zero-order valence-corrected chi connectivity index (χ0v) is 25.7. The van der Waals surface area contributed by atoms with E-state index in [-0.39, 0.29) is 34.5 Å². The van der Waals surface area contributed by atoms with E-state index in [1.807, 2.05) is 36.4 Å². The van der Waals surface area contributed by atoms with E-state index < -0.39 is 28.7 Å². The van der Waals surface area contributed by atoms with Crippen LogP contribution in [0.1, 0.15) is 57.1 Å². The number of carbonyl (C=O) groups excluding carboxylic acids is 3. The van der Waals surface area contributed by atoms with Crippen molar-refractivity contribution in [2.75, 3.05) is 26.3 Å². The fourth-order valence-corrected chi connectivity index (χ4v) is 10.2. The van der Waals surface area contributed by atoms with Gasteiger partial charge in [0.2, 0.25) is 11.8 Å². The molecule has 0 saturated carbocycles. The Morgan fingerprint density at radius 2 is 2.00 bits per heavy atom. The standard InChI is InChI=1S/C31H41BrN2O5S/c1-4-7-9-13-18-39-30(38)24-25-28(36)34(23(20-35)21-14-11-10-12-15-21)27(31(25)19-22(32)26(24)40-31)29(37)33(16-6-3)17-8-5-2/h4,6,10-12,14-15,22-27,35H,1,3,5,7-9,13,16-20H2,2H3/t22?,23-,24+,25+,26+,27?,31?/m1/s1. The lowest BCUT2D eigenvalue weighted by atomic mass is 9.71. The fraction of sp³-hybridized carbons (Fsp3) is 0.581. The molecule has 3 aliphatic rings. The van der Waals surface area contributed by atoms with E-state index in [2.05, 4.69) is 36.0 Å². The van der Waals surface area contributed by atoms with Gasteiger partial charge < -0.3 is 19.6 Å². The van der Waals surface area contributed by atoms with E-state index in [1.165, 1.54) is 0 Å². The highest BCUT2D eigenvalue weighted by molar-refractivity contribution is 9.09. The number of hydrogen-bond acceptors (Lipinski definition) is 6. The van der Waals surface area contributed by atoms with Crippen LogP contribution in [0.5, 0.6) is 0 Å². The number of nitrogens with zero attached hydrogens (tertiary/aromatic N) is 2. The predicted molar refractivity (Wildman–Crippen MR) is 162 cm³/mol. The van der Waals surface area contributed by atoms with E-state index in [4.69, 9.17) is 4.74 Å². The number of thioether (sulfide) groups is 1. The maximum absolute atomic E-state index is 14.5. The van der Waals surface area contributed by atoms with E-state index in [9.17, 15) is 19.5 Å². The fourth-order valence-electron chi connectivity index (χ4n) is 6.61. The lowest BCUT2D eigenvalue weighted by Crippen LogP contribution is -2.56. The third-order valence-electron chi connectivity index (χ3n) is 8.42. The Labute approximate surface area is 250 Å². The highest BCUT2D eigenvalue weighted by Gasteiger charge is 2.76. The SMILES string of the molecule is C=CCCCCOC(=O)[C@H]1[C@H]2C(=O)N([C@H](CO)c3ccccc3)C(C(=O)N(CC=C)CCCC)C23CC(Br)[C@@H]1S3. The number of fused-ring (bicyclic) bond motifs is 1. The van der Waals surface area contributed by atoms with Crippen LogP contribution < -0.4 is 0 Å². The second-order valence-corrected chi connectivity index (χ2v) is 13.6. The molecule has 0 radical (unpaired) electrons. The van der Waals surface area contributed by atoms with Gasteiger partial charge in [0, 0.05) is 23.2 Å². The van der Waals surface area contributed by atoms with Gasteiger partial charge in [-0.1, -0.05) is 71.8 Å². The minimum Gasteiger partial charge on any atom is -0.465 e. The molecule has 4 rings (SSSR count). The van der Waals surface area contributed by atoms with Crippen LogP contribution in [0.2, 0.25) is 0 Å². The molecule has 218 valence electrons. The smallest absolute Gasteiger partial charge is 0.310 e. The van der Waals surface area contributed by atoms with Crippen molar-refractivity contribution in [3.63, 3.8) is 0 Å². The van der Waals surface area contributed by atoms with E-state index in [1.54, 1.807) is 27.6 Å². The van der Waals surface area contributed by atoms with Crippen LogP contribution in [0.4, 0.5) is 0 Å². The van der Waals surface area contributed by atoms with Crippen LogP contribution >= 0.6 is 27.7 Å². The molecule has 40 heavy (non-hydrogen) atoms. The first-order valence-corrected chi connectivity index (χ1v) is 16.1. The number of likely N-dealkylation sites (tertiary alicyclic amines) is 1. The number of rotatable bonds is 15. The van der Waals surface area contributed by atoms with Crippen molar-refractivity contribution in [1.29, 1.82) is 0 Å². The lowest BCUT2D eigenvalue weighted by molar-refractivity contribution is -0.154. The molecule has 3 fully saturated rings. The number of amides is 2. The van der Waals surface area contributed by atoms with E-state index in [0.29, 0.717) is 26.1 Å². The summed E-state index contributed by atoms with van der Waals surface area (Å²) < 4.78 is 4.93. The van der Waals surface area contributed by atoms with Crippen molar-refractivity contribution in [2.24, 2.45) is 11.8 Å². The molecule has 7 nitrogen and oxygen atoms in total. The van der Waals surface area contributed by atoms with Crippen molar-refractivity contribution in [1.82, 2.24) is 9.80 Å². The molecule has 0 aromatic heterocycles. The predicted octanol–water partition coefficient (Wildman–Crippen LogP) is 4.90. The van der Waals surface area contributed by atoms with Gasteiger partial charge >= 0.3 is 5.97 Å². The third kappa shape index (κ3) is 5.66. The molecule has 3 saturated heterocycles.